The van der Waals surface area contributed by atoms with Crippen LogP contribution in [0.1, 0.15) is 38.4 Å². The molecule has 1 aromatic carbocycles. The van der Waals surface area contributed by atoms with Crippen LogP contribution in [0.2, 0.25) is 0 Å². The molecule has 0 aliphatic rings. The Bertz CT molecular complexity index is 312. The molecule has 0 saturated heterocycles. The van der Waals surface area contributed by atoms with Crippen LogP contribution in [-0.2, 0) is 0 Å². The quantitative estimate of drug-likeness (QED) is 0.611. The van der Waals surface area contributed by atoms with Gasteiger partial charge in [0.05, 0.1) is 6.10 Å². The predicted octanol–water partition coefficient (Wildman–Crippen LogP) is 3.77. The lowest BCUT2D eigenvalue weighted by Crippen LogP contribution is -1.98. The molecule has 0 spiro atoms. The average molecular weight is 228 g/mol. The van der Waals surface area contributed by atoms with Crippen LogP contribution < -0.4 is 0 Å². The normalized spacial score (nSPS) is 12.8. The minimum absolute atomic E-state index is 0.313. The summed E-state index contributed by atoms with van der Waals surface area (Å²) < 4.78 is 13.4. The van der Waals surface area contributed by atoms with E-state index in [2.05, 4.69) is 6.92 Å². The molecule has 0 saturated carbocycles. The zero-order chi connectivity index (χ0) is 11.3. The van der Waals surface area contributed by atoms with Crippen molar-refractivity contribution in [1.29, 1.82) is 0 Å². The zero-order valence-corrected chi connectivity index (χ0v) is 9.98. The van der Waals surface area contributed by atoms with E-state index in [0.717, 1.165) is 23.5 Å². The van der Waals surface area contributed by atoms with Crippen molar-refractivity contribution >= 4 is 11.8 Å². The number of aliphatic hydroxyl groups is 1. The van der Waals surface area contributed by atoms with Gasteiger partial charge in [0.1, 0.15) is 5.82 Å². The number of hydrogen-bond donors (Lipinski definition) is 1. The first-order valence-corrected chi connectivity index (χ1v) is 6.24. The maximum atomic E-state index is 13.4. The standard InChI is InChI=1S/C12H17FOS/c1-3-4-8-15-11-7-5-6-10(13)12(11)9(2)14/h5-7,9,14H,3-4,8H2,1-2H3. The van der Waals surface area contributed by atoms with Crippen molar-refractivity contribution in [2.45, 2.75) is 37.7 Å². The molecule has 1 aromatic rings. The van der Waals surface area contributed by atoms with Gasteiger partial charge in [-0.2, -0.15) is 0 Å². The highest BCUT2D eigenvalue weighted by Crippen LogP contribution is 2.30. The van der Waals surface area contributed by atoms with E-state index in [1.165, 1.54) is 6.07 Å². The second kappa shape index (κ2) is 6.13. The van der Waals surface area contributed by atoms with Gasteiger partial charge in [0.25, 0.3) is 0 Å². The molecule has 0 amide bonds. The molecular weight excluding hydrogens is 211 g/mol. The summed E-state index contributed by atoms with van der Waals surface area (Å²) in [5.74, 6) is 0.658. The van der Waals surface area contributed by atoms with Gasteiger partial charge in [-0.05, 0) is 31.2 Å². The lowest BCUT2D eigenvalue weighted by molar-refractivity contribution is 0.191. The third kappa shape index (κ3) is 3.50. The highest BCUT2D eigenvalue weighted by atomic mass is 32.2. The van der Waals surface area contributed by atoms with E-state index in [1.54, 1.807) is 24.8 Å². The van der Waals surface area contributed by atoms with Crippen LogP contribution in [0.15, 0.2) is 23.1 Å². The molecule has 0 aliphatic heterocycles. The topological polar surface area (TPSA) is 20.2 Å². The van der Waals surface area contributed by atoms with Crippen molar-refractivity contribution in [1.82, 2.24) is 0 Å². The van der Waals surface area contributed by atoms with E-state index < -0.39 is 6.10 Å². The first kappa shape index (κ1) is 12.5. The van der Waals surface area contributed by atoms with Crippen molar-refractivity contribution < 1.29 is 9.50 Å². The van der Waals surface area contributed by atoms with E-state index in [0.29, 0.717) is 5.56 Å². The first-order chi connectivity index (χ1) is 7.16. The largest absolute Gasteiger partial charge is 0.389 e. The second-order valence-corrected chi connectivity index (χ2v) is 4.67. The van der Waals surface area contributed by atoms with Gasteiger partial charge in [0.2, 0.25) is 0 Å². The van der Waals surface area contributed by atoms with Gasteiger partial charge >= 0.3 is 0 Å². The highest BCUT2D eigenvalue weighted by molar-refractivity contribution is 7.99. The van der Waals surface area contributed by atoms with Crippen molar-refractivity contribution in [3.05, 3.63) is 29.6 Å². The number of benzene rings is 1. The van der Waals surface area contributed by atoms with Gasteiger partial charge in [-0.15, -0.1) is 11.8 Å². The molecule has 0 aromatic heterocycles. The Morgan fingerprint density at radius 1 is 1.47 bits per heavy atom. The molecule has 3 heteroatoms. The SMILES string of the molecule is CCCCSc1cccc(F)c1C(C)O. The Labute approximate surface area is 94.7 Å². The van der Waals surface area contributed by atoms with E-state index in [9.17, 15) is 9.50 Å². The molecule has 1 nitrogen and oxygen atoms in total. The summed E-state index contributed by atoms with van der Waals surface area (Å²) >= 11 is 1.61. The summed E-state index contributed by atoms with van der Waals surface area (Å²) in [5, 5.41) is 9.49. The summed E-state index contributed by atoms with van der Waals surface area (Å²) in [6.07, 6.45) is 1.50. The van der Waals surface area contributed by atoms with E-state index in [1.807, 2.05) is 6.07 Å². The molecule has 0 aliphatic carbocycles. The van der Waals surface area contributed by atoms with E-state index in [-0.39, 0.29) is 5.82 Å². The predicted molar refractivity (Wildman–Crippen MR) is 62.7 cm³/mol. The Balaban J connectivity index is 2.81. The number of unbranched alkanes of at least 4 members (excludes halogenated alkanes) is 1. The Hall–Kier alpha value is -0.540. The van der Waals surface area contributed by atoms with Crippen molar-refractivity contribution in [2.24, 2.45) is 0 Å². The van der Waals surface area contributed by atoms with Crippen LogP contribution in [-0.4, -0.2) is 10.9 Å². The monoisotopic (exact) mass is 228 g/mol. The number of thioether (sulfide) groups is 1. The number of hydrogen-bond acceptors (Lipinski definition) is 2. The molecule has 0 fully saturated rings. The molecule has 1 unspecified atom stereocenters. The molecule has 1 atom stereocenters. The summed E-state index contributed by atoms with van der Waals surface area (Å²) in [6.45, 7) is 3.73. The fourth-order valence-electron chi connectivity index (χ4n) is 1.38. The maximum absolute atomic E-state index is 13.4. The second-order valence-electron chi connectivity index (χ2n) is 3.53. The van der Waals surface area contributed by atoms with Gasteiger partial charge in [0, 0.05) is 10.5 Å². The third-order valence-electron chi connectivity index (χ3n) is 2.19. The minimum Gasteiger partial charge on any atom is -0.389 e. The molecule has 15 heavy (non-hydrogen) atoms. The Morgan fingerprint density at radius 2 is 2.20 bits per heavy atom. The van der Waals surface area contributed by atoms with Gasteiger partial charge in [-0.3, -0.25) is 0 Å². The van der Waals surface area contributed by atoms with Crippen molar-refractivity contribution in [3.63, 3.8) is 0 Å². The van der Waals surface area contributed by atoms with Crippen molar-refractivity contribution in [2.75, 3.05) is 5.75 Å². The van der Waals surface area contributed by atoms with Gasteiger partial charge in [0.15, 0.2) is 0 Å². The van der Waals surface area contributed by atoms with E-state index >= 15 is 0 Å². The highest BCUT2D eigenvalue weighted by Gasteiger charge is 2.13. The lowest BCUT2D eigenvalue weighted by atomic mass is 10.1. The molecule has 1 rings (SSSR count). The summed E-state index contributed by atoms with van der Waals surface area (Å²) in [6, 6.07) is 4.95. The van der Waals surface area contributed by atoms with Crippen molar-refractivity contribution in [3.8, 4) is 0 Å². The van der Waals surface area contributed by atoms with E-state index in [4.69, 9.17) is 0 Å². The Morgan fingerprint density at radius 3 is 2.80 bits per heavy atom. The molecule has 0 radical (unpaired) electrons. The smallest absolute Gasteiger partial charge is 0.130 e. The van der Waals surface area contributed by atoms with Gasteiger partial charge < -0.3 is 5.11 Å². The lowest BCUT2D eigenvalue weighted by Gasteiger charge is -2.12. The molecule has 0 heterocycles. The summed E-state index contributed by atoms with van der Waals surface area (Å²) in [4.78, 5) is 0.860. The third-order valence-corrected chi connectivity index (χ3v) is 3.35. The van der Waals surface area contributed by atoms with Gasteiger partial charge in [-0.25, -0.2) is 4.39 Å². The zero-order valence-electron chi connectivity index (χ0n) is 9.16. The maximum Gasteiger partial charge on any atom is 0.130 e. The fourth-order valence-corrected chi connectivity index (χ4v) is 2.63. The van der Waals surface area contributed by atoms with Crippen LogP contribution in [0.3, 0.4) is 0 Å². The fraction of sp³-hybridized carbons (Fsp3) is 0.500. The van der Waals surface area contributed by atoms with Crippen LogP contribution in [0, 0.1) is 5.82 Å². The van der Waals surface area contributed by atoms with Crippen LogP contribution >= 0.6 is 11.8 Å². The van der Waals surface area contributed by atoms with Gasteiger partial charge in [-0.1, -0.05) is 19.4 Å². The summed E-state index contributed by atoms with van der Waals surface area (Å²) in [7, 11) is 0. The number of rotatable bonds is 5. The van der Waals surface area contributed by atoms with Crippen LogP contribution in [0.25, 0.3) is 0 Å². The van der Waals surface area contributed by atoms with Crippen LogP contribution in [0.5, 0.6) is 0 Å². The minimum atomic E-state index is -0.740. The average Bonchev–Trinajstić information content (AvgIpc) is 2.17. The molecule has 1 N–H and O–H groups in total. The number of halogens is 1. The molecule has 84 valence electrons. The summed E-state index contributed by atoms with van der Waals surface area (Å²) in [5.41, 5.74) is 0.429. The molecule has 0 bridgehead atoms. The van der Waals surface area contributed by atoms with Crippen LogP contribution in [0.4, 0.5) is 4.39 Å². The molecular formula is C12H17FOS. The first-order valence-electron chi connectivity index (χ1n) is 5.26. The number of aliphatic hydroxyl groups excluding tert-OH is 1. The Kier molecular flexibility index (Phi) is 5.12.